The molecule has 1 N–H and O–H groups in total. The van der Waals surface area contributed by atoms with Crippen LogP contribution in [0.4, 0.5) is 5.69 Å². The van der Waals surface area contributed by atoms with Crippen molar-refractivity contribution >= 4 is 38.3 Å². The molecule has 0 aromatic heterocycles. The molecule has 7 nitrogen and oxygen atoms in total. The van der Waals surface area contributed by atoms with Crippen LogP contribution in [0.2, 0.25) is 0 Å². The highest BCUT2D eigenvalue weighted by atomic mass is 32.2. The second-order valence-corrected chi connectivity index (χ2v) is 12.7. The van der Waals surface area contributed by atoms with E-state index < -0.39 is 16.1 Å². The molecule has 1 heterocycles. The summed E-state index contributed by atoms with van der Waals surface area (Å²) in [4.78, 5) is 28.8. The van der Waals surface area contributed by atoms with Crippen LogP contribution < -0.4 is 9.62 Å². The molecule has 39 heavy (non-hydrogen) atoms. The lowest BCUT2D eigenvalue weighted by Gasteiger charge is -2.31. The van der Waals surface area contributed by atoms with Gasteiger partial charge in [0.15, 0.2) is 0 Å². The highest BCUT2D eigenvalue weighted by Gasteiger charge is 2.35. The number of hydrogen-bond donors (Lipinski definition) is 1. The topological polar surface area (TPSA) is 86.8 Å². The van der Waals surface area contributed by atoms with Crippen molar-refractivity contribution in [3.63, 3.8) is 0 Å². The first kappa shape index (κ1) is 27.2. The zero-order chi connectivity index (χ0) is 27.6. The maximum Gasteiger partial charge on any atom is 0.265 e. The van der Waals surface area contributed by atoms with E-state index in [1.165, 1.54) is 10.7 Å². The first-order chi connectivity index (χ1) is 18.8. The molecule has 0 saturated heterocycles. The fourth-order valence-electron chi connectivity index (χ4n) is 5.88. The van der Waals surface area contributed by atoms with Crippen molar-refractivity contribution in [1.29, 1.82) is 0 Å². The summed E-state index contributed by atoms with van der Waals surface area (Å²) in [6.07, 6.45) is 5.87. The number of anilines is 1. The van der Waals surface area contributed by atoms with Gasteiger partial charge in [-0.15, -0.1) is 0 Å². The van der Waals surface area contributed by atoms with Crippen molar-refractivity contribution in [2.45, 2.75) is 82.3 Å². The molecule has 2 aliphatic rings. The van der Waals surface area contributed by atoms with E-state index >= 15 is 0 Å². The average molecular weight is 548 g/mol. The van der Waals surface area contributed by atoms with Crippen molar-refractivity contribution in [3.05, 3.63) is 71.8 Å². The summed E-state index contributed by atoms with van der Waals surface area (Å²) in [5, 5.41) is 4.78. The van der Waals surface area contributed by atoms with Crippen molar-refractivity contribution in [3.8, 4) is 0 Å². The number of nitrogens with zero attached hydrogens (tertiary/aromatic N) is 2. The Morgan fingerprint density at radius 3 is 2.49 bits per heavy atom. The minimum atomic E-state index is -3.67. The van der Waals surface area contributed by atoms with E-state index in [2.05, 4.69) is 5.32 Å². The number of nitrogens with one attached hydrogen (secondary N) is 1. The average Bonchev–Trinajstić information content (AvgIpc) is 3.15. The summed E-state index contributed by atoms with van der Waals surface area (Å²) < 4.78 is 28.0. The maximum absolute atomic E-state index is 13.6. The molecule has 8 heteroatoms. The second-order valence-electron chi connectivity index (χ2n) is 10.8. The minimum absolute atomic E-state index is 0.132. The SMILES string of the molecule is Cc1cccc(CN(C(=O)CCCN2c3cccc4cccc(c34)S2(=O)=O)[C@H](C)C(=O)NC2CCCCC2)c1. The molecule has 1 saturated carbocycles. The van der Waals surface area contributed by atoms with Crippen molar-refractivity contribution in [2.75, 3.05) is 10.8 Å². The molecule has 206 valence electrons. The van der Waals surface area contributed by atoms with Crippen LogP contribution in [0.1, 0.15) is 63.0 Å². The van der Waals surface area contributed by atoms with Crippen LogP contribution >= 0.6 is 0 Å². The van der Waals surface area contributed by atoms with Crippen LogP contribution in [0.25, 0.3) is 10.8 Å². The predicted molar refractivity (Wildman–Crippen MR) is 154 cm³/mol. The van der Waals surface area contributed by atoms with E-state index in [1.807, 2.05) is 55.5 Å². The van der Waals surface area contributed by atoms with Gasteiger partial charge in [-0.25, -0.2) is 8.42 Å². The molecule has 1 atom stereocenters. The first-order valence-electron chi connectivity index (χ1n) is 14.0. The molecule has 0 bridgehead atoms. The van der Waals surface area contributed by atoms with E-state index in [1.54, 1.807) is 24.0 Å². The number of benzene rings is 3. The summed E-state index contributed by atoms with van der Waals surface area (Å²) >= 11 is 0. The van der Waals surface area contributed by atoms with Gasteiger partial charge in [-0.05, 0) is 56.2 Å². The number of amides is 2. The van der Waals surface area contributed by atoms with Crippen molar-refractivity contribution in [2.24, 2.45) is 0 Å². The van der Waals surface area contributed by atoms with Crippen LogP contribution in [0.3, 0.4) is 0 Å². The van der Waals surface area contributed by atoms with Gasteiger partial charge in [0.05, 0.1) is 10.6 Å². The van der Waals surface area contributed by atoms with Crippen LogP contribution in [0.15, 0.2) is 65.6 Å². The summed E-state index contributed by atoms with van der Waals surface area (Å²) in [7, 11) is -3.67. The van der Waals surface area contributed by atoms with Gasteiger partial charge in [0.2, 0.25) is 11.8 Å². The fraction of sp³-hybridized carbons (Fsp3) is 0.419. The van der Waals surface area contributed by atoms with E-state index in [9.17, 15) is 18.0 Å². The third-order valence-corrected chi connectivity index (χ3v) is 9.84. The van der Waals surface area contributed by atoms with Crippen molar-refractivity contribution in [1.82, 2.24) is 10.2 Å². The first-order valence-corrected chi connectivity index (χ1v) is 15.4. The Morgan fingerprint density at radius 1 is 1.03 bits per heavy atom. The van der Waals surface area contributed by atoms with Gasteiger partial charge < -0.3 is 10.2 Å². The quantitative estimate of drug-likeness (QED) is 0.394. The minimum Gasteiger partial charge on any atom is -0.352 e. The Labute approximate surface area is 231 Å². The van der Waals surface area contributed by atoms with Crippen molar-refractivity contribution < 1.29 is 18.0 Å². The van der Waals surface area contributed by atoms with E-state index in [0.29, 0.717) is 23.5 Å². The molecule has 3 aromatic carbocycles. The smallest absolute Gasteiger partial charge is 0.265 e. The zero-order valence-corrected chi connectivity index (χ0v) is 23.5. The number of sulfonamides is 1. The molecule has 3 aromatic rings. The normalized spacial score (nSPS) is 17.2. The molecule has 0 spiro atoms. The molecule has 1 aliphatic heterocycles. The molecule has 1 aliphatic carbocycles. The van der Waals surface area contributed by atoms with Gasteiger partial charge in [0, 0.05) is 30.9 Å². The number of carbonyl (C=O) groups excluding carboxylic acids is 2. The highest BCUT2D eigenvalue weighted by molar-refractivity contribution is 7.93. The lowest BCUT2D eigenvalue weighted by Crippen LogP contribution is -2.50. The summed E-state index contributed by atoms with van der Waals surface area (Å²) in [6, 6.07) is 18.4. The lowest BCUT2D eigenvalue weighted by molar-refractivity contribution is -0.141. The van der Waals surface area contributed by atoms with Gasteiger partial charge >= 0.3 is 0 Å². The van der Waals surface area contributed by atoms with Crippen LogP contribution in [-0.2, 0) is 26.2 Å². The predicted octanol–water partition coefficient (Wildman–Crippen LogP) is 5.30. The Morgan fingerprint density at radius 2 is 1.74 bits per heavy atom. The fourth-order valence-corrected chi connectivity index (χ4v) is 7.62. The van der Waals surface area contributed by atoms with Crippen LogP contribution in [-0.4, -0.2) is 43.8 Å². The summed E-state index contributed by atoms with van der Waals surface area (Å²) in [5.74, 6) is -0.290. The zero-order valence-electron chi connectivity index (χ0n) is 22.7. The Kier molecular flexibility index (Phi) is 7.93. The highest BCUT2D eigenvalue weighted by Crippen LogP contribution is 2.42. The van der Waals surface area contributed by atoms with Gasteiger partial charge in [0.1, 0.15) is 6.04 Å². The van der Waals surface area contributed by atoms with E-state index in [4.69, 9.17) is 0 Å². The monoisotopic (exact) mass is 547 g/mol. The van der Waals surface area contributed by atoms with Gasteiger partial charge in [0.25, 0.3) is 10.0 Å². The Balaban J connectivity index is 1.29. The molecular weight excluding hydrogens is 510 g/mol. The Bertz CT molecular complexity index is 1470. The second kappa shape index (κ2) is 11.4. The number of hydrogen-bond acceptors (Lipinski definition) is 4. The molecule has 2 amide bonds. The molecular formula is C31H37N3O4S. The van der Waals surface area contributed by atoms with Gasteiger partial charge in [-0.2, -0.15) is 0 Å². The number of rotatable bonds is 9. The van der Waals surface area contributed by atoms with E-state index in [0.717, 1.165) is 47.6 Å². The summed E-state index contributed by atoms with van der Waals surface area (Å²) in [5.41, 5.74) is 2.71. The third-order valence-electron chi connectivity index (χ3n) is 7.99. The number of aryl methyl sites for hydroxylation is 1. The standard InChI is InChI=1S/C31H37N3O4S/c1-22-10-6-11-24(20-22)21-33(23(2)31(36)32-26-14-4-3-5-15-26)29(35)18-9-19-34-27-16-7-12-25-13-8-17-28(30(25)27)39(34,37)38/h6-8,10-13,16-17,20,23,26H,3-5,9,14-15,18-19,21H2,1-2H3,(H,32,36)/t23-/m1/s1. The largest absolute Gasteiger partial charge is 0.352 e. The Hall–Kier alpha value is -3.39. The maximum atomic E-state index is 13.6. The molecule has 1 fully saturated rings. The molecule has 0 unspecified atom stereocenters. The summed E-state index contributed by atoms with van der Waals surface area (Å²) in [6.45, 7) is 4.31. The van der Waals surface area contributed by atoms with E-state index in [-0.39, 0.29) is 30.8 Å². The van der Waals surface area contributed by atoms with Gasteiger partial charge in [-0.3, -0.25) is 13.9 Å². The lowest BCUT2D eigenvalue weighted by atomic mass is 9.95. The molecule has 5 rings (SSSR count). The third kappa shape index (κ3) is 5.66. The van der Waals surface area contributed by atoms with Crippen LogP contribution in [0.5, 0.6) is 0 Å². The molecule has 0 radical (unpaired) electrons. The number of carbonyl (C=O) groups is 2. The van der Waals surface area contributed by atoms with Gasteiger partial charge in [-0.1, -0.05) is 73.4 Å². The van der Waals surface area contributed by atoms with Crippen LogP contribution in [0, 0.1) is 6.92 Å².